The SMILES string of the molecule is CCCCCCCCc1cc(S(=O)(=O)[O-])c2ccccc2c1.[K+]. The minimum Gasteiger partial charge on any atom is -0.744 e. The number of hydrogen-bond acceptors (Lipinski definition) is 3. The zero-order valence-electron chi connectivity index (χ0n) is 14.0. The van der Waals surface area contributed by atoms with E-state index in [1.54, 1.807) is 18.2 Å². The van der Waals surface area contributed by atoms with Crippen molar-refractivity contribution in [1.82, 2.24) is 0 Å². The summed E-state index contributed by atoms with van der Waals surface area (Å²) >= 11 is 0. The monoisotopic (exact) mass is 358 g/mol. The molecule has 0 aliphatic carbocycles. The molecule has 2 rings (SSSR count). The van der Waals surface area contributed by atoms with Crippen LogP contribution in [0.5, 0.6) is 0 Å². The van der Waals surface area contributed by atoms with Gasteiger partial charge in [-0.3, -0.25) is 0 Å². The Bertz CT molecular complexity index is 726. The number of fused-ring (bicyclic) bond motifs is 1. The van der Waals surface area contributed by atoms with Gasteiger partial charge in [-0.2, -0.15) is 0 Å². The van der Waals surface area contributed by atoms with Crippen LogP contribution in [0.15, 0.2) is 41.3 Å². The Balaban J connectivity index is 0.00000264. The molecule has 2 aromatic rings. The van der Waals surface area contributed by atoms with Crippen LogP contribution in [0, 0.1) is 0 Å². The van der Waals surface area contributed by atoms with Crippen LogP contribution in [0.2, 0.25) is 0 Å². The second-order valence-electron chi connectivity index (χ2n) is 5.79. The molecule has 0 unspecified atom stereocenters. The molecule has 0 fully saturated rings. The largest absolute Gasteiger partial charge is 1.00 e. The molecule has 2 aromatic carbocycles. The van der Waals surface area contributed by atoms with Gasteiger partial charge in [-0.05, 0) is 35.2 Å². The van der Waals surface area contributed by atoms with Crippen LogP contribution in [0.25, 0.3) is 10.8 Å². The summed E-state index contributed by atoms with van der Waals surface area (Å²) in [7, 11) is -4.44. The Hall–Kier alpha value is 0.246. The summed E-state index contributed by atoms with van der Waals surface area (Å²) in [6.45, 7) is 2.19. The molecule has 23 heavy (non-hydrogen) atoms. The van der Waals surface area contributed by atoms with Crippen molar-refractivity contribution in [3.8, 4) is 0 Å². The molecular formula is C18H23KO3S. The van der Waals surface area contributed by atoms with Gasteiger partial charge in [0, 0.05) is 0 Å². The topological polar surface area (TPSA) is 57.2 Å². The Morgan fingerprint density at radius 2 is 1.61 bits per heavy atom. The van der Waals surface area contributed by atoms with Gasteiger partial charge in [0.2, 0.25) is 0 Å². The van der Waals surface area contributed by atoms with Gasteiger partial charge in [-0.15, -0.1) is 0 Å². The van der Waals surface area contributed by atoms with E-state index in [9.17, 15) is 13.0 Å². The molecule has 3 nitrogen and oxygen atoms in total. The normalized spacial score (nSPS) is 11.4. The minimum atomic E-state index is -4.44. The molecule has 0 heterocycles. The third-order valence-corrected chi connectivity index (χ3v) is 4.85. The third-order valence-electron chi connectivity index (χ3n) is 3.97. The van der Waals surface area contributed by atoms with Crippen molar-refractivity contribution in [2.24, 2.45) is 0 Å². The summed E-state index contributed by atoms with van der Waals surface area (Å²) in [5.74, 6) is 0. The van der Waals surface area contributed by atoms with Crippen LogP contribution in [-0.2, 0) is 16.5 Å². The zero-order valence-corrected chi connectivity index (χ0v) is 18.0. The second-order valence-corrected chi connectivity index (χ2v) is 7.14. The molecule has 0 amide bonds. The molecule has 0 aliphatic heterocycles. The Kier molecular flexibility index (Phi) is 9.52. The Morgan fingerprint density at radius 3 is 2.30 bits per heavy atom. The van der Waals surface area contributed by atoms with E-state index >= 15 is 0 Å². The molecule has 0 N–H and O–H groups in total. The molecule has 0 aromatic heterocycles. The maximum absolute atomic E-state index is 11.5. The van der Waals surface area contributed by atoms with Gasteiger partial charge >= 0.3 is 51.4 Å². The molecule has 5 heteroatoms. The first-order valence-corrected chi connectivity index (χ1v) is 9.41. The maximum atomic E-state index is 11.5. The van der Waals surface area contributed by atoms with Gasteiger partial charge in [0.1, 0.15) is 10.1 Å². The molecule has 0 saturated carbocycles. The van der Waals surface area contributed by atoms with Crippen LogP contribution in [-0.4, -0.2) is 13.0 Å². The predicted octanol–water partition coefficient (Wildman–Crippen LogP) is 1.65. The van der Waals surface area contributed by atoms with Gasteiger partial charge in [0.05, 0.1) is 4.90 Å². The van der Waals surface area contributed by atoms with Crippen molar-refractivity contribution in [1.29, 1.82) is 0 Å². The standard InChI is InChI=1S/C18H24O3S.K/c1-2-3-4-5-6-7-10-15-13-16-11-8-9-12-17(16)18(14-15)22(19,20)21;/h8-9,11-14H,2-7,10H2,1H3,(H,19,20,21);/q;+1/p-1. The minimum absolute atomic E-state index is 0. The summed E-state index contributed by atoms with van der Waals surface area (Å²) in [6.07, 6.45) is 7.97. The fourth-order valence-corrected chi connectivity index (χ4v) is 3.55. The molecule has 0 spiro atoms. The Morgan fingerprint density at radius 1 is 0.957 bits per heavy atom. The van der Waals surface area contributed by atoms with Gasteiger partial charge in [-0.25, -0.2) is 8.42 Å². The number of aryl methyl sites for hydroxylation is 1. The number of rotatable bonds is 8. The van der Waals surface area contributed by atoms with Crippen molar-refractivity contribution in [3.63, 3.8) is 0 Å². The second kappa shape index (κ2) is 10.3. The first-order valence-electron chi connectivity index (χ1n) is 8.00. The van der Waals surface area contributed by atoms with Crippen molar-refractivity contribution in [3.05, 3.63) is 42.0 Å². The number of benzene rings is 2. The van der Waals surface area contributed by atoms with Gasteiger partial charge in [0.15, 0.2) is 0 Å². The molecule has 0 bridgehead atoms. The van der Waals surface area contributed by atoms with Crippen LogP contribution >= 0.6 is 0 Å². The fraction of sp³-hybridized carbons (Fsp3) is 0.444. The van der Waals surface area contributed by atoms with E-state index in [0.29, 0.717) is 5.39 Å². The van der Waals surface area contributed by atoms with Crippen molar-refractivity contribution >= 4 is 20.9 Å². The summed E-state index contributed by atoms with van der Waals surface area (Å²) in [6, 6.07) is 10.7. The molecular weight excluding hydrogens is 335 g/mol. The Labute approximate surface area is 182 Å². The first kappa shape index (κ1) is 21.3. The van der Waals surface area contributed by atoms with Gasteiger partial charge < -0.3 is 4.55 Å². The summed E-state index contributed by atoms with van der Waals surface area (Å²) in [5.41, 5.74) is 0.934. The smallest absolute Gasteiger partial charge is 0.744 e. The van der Waals surface area contributed by atoms with Crippen LogP contribution in [0.1, 0.15) is 51.0 Å². The van der Waals surface area contributed by atoms with Crippen LogP contribution in [0.4, 0.5) is 0 Å². The van der Waals surface area contributed by atoms with Gasteiger partial charge in [-0.1, -0.05) is 69.4 Å². The quantitative estimate of drug-likeness (QED) is 0.410. The maximum Gasteiger partial charge on any atom is 1.00 e. The summed E-state index contributed by atoms with van der Waals surface area (Å²) in [5, 5.41) is 1.34. The van der Waals surface area contributed by atoms with E-state index < -0.39 is 10.1 Å². The van der Waals surface area contributed by atoms with Crippen LogP contribution < -0.4 is 51.4 Å². The molecule has 120 valence electrons. The number of hydrogen-bond donors (Lipinski definition) is 0. The van der Waals surface area contributed by atoms with E-state index in [2.05, 4.69) is 6.92 Å². The predicted molar refractivity (Wildman–Crippen MR) is 89.0 cm³/mol. The van der Waals surface area contributed by atoms with E-state index in [4.69, 9.17) is 0 Å². The summed E-state index contributed by atoms with van der Waals surface area (Å²) < 4.78 is 34.5. The molecule has 0 aliphatic rings. The van der Waals surface area contributed by atoms with E-state index in [0.717, 1.165) is 30.2 Å². The first-order chi connectivity index (χ1) is 10.5. The van der Waals surface area contributed by atoms with Crippen molar-refractivity contribution < 1.29 is 64.4 Å². The van der Waals surface area contributed by atoms with E-state index in [1.165, 1.54) is 25.7 Å². The van der Waals surface area contributed by atoms with Crippen molar-refractivity contribution in [2.75, 3.05) is 0 Å². The summed E-state index contributed by atoms with van der Waals surface area (Å²) in [4.78, 5) is -0.0911. The third kappa shape index (κ3) is 6.57. The average molecular weight is 359 g/mol. The number of unbranched alkanes of at least 4 members (excludes halogenated alkanes) is 5. The van der Waals surface area contributed by atoms with E-state index in [-0.39, 0.29) is 56.3 Å². The van der Waals surface area contributed by atoms with Crippen molar-refractivity contribution in [2.45, 2.75) is 56.8 Å². The molecule has 0 atom stereocenters. The zero-order chi connectivity index (χ0) is 16.0. The molecule has 0 saturated heterocycles. The fourth-order valence-electron chi connectivity index (χ4n) is 2.80. The van der Waals surface area contributed by atoms with E-state index in [1.807, 2.05) is 18.2 Å². The van der Waals surface area contributed by atoms with Gasteiger partial charge in [0.25, 0.3) is 0 Å². The molecule has 0 radical (unpaired) electrons. The van der Waals surface area contributed by atoms with Crippen LogP contribution in [0.3, 0.4) is 0 Å². The average Bonchev–Trinajstić information content (AvgIpc) is 2.49.